The third-order valence-electron chi connectivity index (χ3n) is 4.35. The SMILES string of the molecule is Cc1ccc(S(=O)(=O)c2nc(-c3cccs3)oc2NCCCn2ccnc2)cc1. The predicted octanol–water partition coefficient (Wildman–Crippen LogP) is 4.24. The predicted molar refractivity (Wildman–Crippen MR) is 112 cm³/mol. The summed E-state index contributed by atoms with van der Waals surface area (Å²) in [5, 5.41) is 4.91. The van der Waals surface area contributed by atoms with Crippen molar-refractivity contribution in [1.29, 1.82) is 0 Å². The Kier molecular flexibility index (Phi) is 5.50. The number of oxazole rings is 1. The zero-order valence-electron chi connectivity index (χ0n) is 15.8. The molecular weight excluding hydrogens is 408 g/mol. The van der Waals surface area contributed by atoms with Crippen LogP contribution in [0.15, 0.2) is 74.8 Å². The fourth-order valence-corrected chi connectivity index (χ4v) is 4.74. The molecule has 1 N–H and O–H groups in total. The Morgan fingerprint density at radius 2 is 2.03 bits per heavy atom. The standard InChI is InChI=1S/C20H20N4O3S2/c1-15-5-7-16(8-6-15)29(25,26)20-19(22-9-3-11-24-12-10-21-14-24)27-18(23-20)17-4-2-13-28-17/h2,4-8,10,12-14,22H,3,9,11H2,1H3. The highest BCUT2D eigenvalue weighted by molar-refractivity contribution is 7.91. The van der Waals surface area contributed by atoms with Gasteiger partial charge in [-0.05, 0) is 36.9 Å². The van der Waals surface area contributed by atoms with Gasteiger partial charge >= 0.3 is 0 Å². The number of hydrogen-bond donors (Lipinski definition) is 1. The van der Waals surface area contributed by atoms with Gasteiger partial charge in [-0.3, -0.25) is 0 Å². The van der Waals surface area contributed by atoms with Crippen molar-refractivity contribution in [2.75, 3.05) is 11.9 Å². The number of sulfone groups is 1. The Bertz CT molecular complexity index is 1160. The number of nitrogens with zero attached hydrogens (tertiary/aromatic N) is 3. The molecule has 29 heavy (non-hydrogen) atoms. The number of rotatable bonds is 8. The van der Waals surface area contributed by atoms with E-state index in [1.54, 1.807) is 36.8 Å². The molecule has 0 saturated carbocycles. The summed E-state index contributed by atoms with van der Waals surface area (Å²) in [7, 11) is -3.81. The second-order valence-corrected chi connectivity index (χ2v) is 9.34. The second kappa shape index (κ2) is 8.22. The van der Waals surface area contributed by atoms with Gasteiger partial charge in [-0.25, -0.2) is 13.4 Å². The lowest BCUT2D eigenvalue weighted by molar-refractivity contribution is 0.572. The molecule has 0 fully saturated rings. The first-order valence-electron chi connectivity index (χ1n) is 9.10. The minimum absolute atomic E-state index is 0.0904. The van der Waals surface area contributed by atoms with Crippen molar-refractivity contribution in [3.63, 3.8) is 0 Å². The molecule has 1 aromatic carbocycles. The zero-order chi connectivity index (χ0) is 20.3. The van der Waals surface area contributed by atoms with E-state index in [0.29, 0.717) is 12.4 Å². The van der Waals surface area contributed by atoms with Gasteiger partial charge in [0.2, 0.25) is 26.6 Å². The Morgan fingerprint density at radius 3 is 2.72 bits per heavy atom. The molecule has 0 unspecified atom stereocenters. The van der Waals surface area contributed by atoms with Crippen molar-refractivity contribution in [3.05, 3.63) is 66.1 Å². The maximum Gasteiger partial charge on any atom is 0.240 e. The first-order valence-corrected chi connectivity index (χ1v) is 11.5. The Labute approximate surface area is 173 Å². The molecule has 4 rings (SSSR count). The maximum atomic E-state index is 13.2. The van der Waals surface area contributed by atoms with Gasteiger partial charge in [0, 0.05) is 25.5 Å². The summed E-state index contributed by atoms with van der Waals surface area (Å²) in [4.78, 5) is 9.31. The molecule has 0 spiro atoms. The van der Waals surface area contributed by atoms with E-state index in [1.807, 2.05) is 35.2 Å². The molecule has 9 heteroatoms. The Hall–Kier alpha value is -2.91. The van der Waals surface area contributed by atoms with Crippen molar-refractivity contribution in [2.45, 2.75) is 29.8 Å². The van der Waals surface area contributed by atoms with E-state index in [4.69, 9.17) is 4.42 Å². The van der Waals surface area contributed by atoms with Crippen LogP contribution in [0.1, 0.15) is 12.0 Å². The highest BCUT2D eigenvalue weighted by Crippen LogP contribution is 2.34. The van der Waals surface area contributed by atoms with E-state index in [-0.39, 0.29) is 15.8 Å². The average molecular weight is 429 g/mol. The van der Waals surface area contributed by atoms with E-state index in [0.717, 1.165) is 23.4 Å². The Balaban J connectivity index is 1.61. The first-order chi connectivity index (χ1) is 14.0. The lowest BCUT2D eigenvalue weighted by atomic mass is 10.2. The number of thiophene rings is 1. The molecule has 0 radical (unpaired) electrons. The summed E-state index contributed by atoms with van der Waals surface area (Å²) in [6, 6.07) is 10.4. The summed E-state index contributed by atoms with van der Waals surface area (Å²) >= 11 is 1.44. The fourth-order valence-electron chi connectivity index (χ4n) is 2.82. The number of aryl methyl sites for hydroxylation is 2. The van der Waals surface area contributed by atoms with Crippen molar-refractivity contribution in [2.24, 2.45) is 0 Å². The first kappa shape index (κ1) is 19.4. The number of imidazole rings is 1. The van der Waals surface area contributed by atoms with Crippen LogP contribution in [0.4, 0.5) is 5.88 Å². The molecular formula is C20H20N4O3S2. The third kappa shape index (κ3) is 4.25. The topological polar surface area (TPSA) is 90.0 Å². The van der Waals surface area contributed by atoms with Crippen LogP contribution in [0.2, 0.25) is 0 Å². The quantitative estimate of drug-likeness (QED) is 0.422. The van der Waals surface area contributed by atoms with E-state index in [1.165, 1.54) is 11.3 Å². The van der Waals surface area contributed by atoms with Crippen LogP contribution >= 0.6 is 11.3 Å². The summed E-state index contributed by atoms with van der Waals surface area (Å²) in [5.74, 6) is 0.461. The highest BCUT2D eigenvalue weighted by Gasteiger charge is 2.28. The van der Waals surface area contributed by atoms with Crippen LogP contribution in [-0.2, 0) is 16.4 Å². The summed E-state index contributed by atoms with van der Waals surface area (Å²) in [5.41, 5.74) is 0.987. The van der Waals surface area contributed by atoms with E-state index >= 15 is 0 Å². The maximum absolute atomic E-state index is 13.2. The van der Waals surface area contributed by atoms with Crippen molar-refractivity contribution in [1.82, 2.24) is 14.5 Å². The van der Waals surface area contributed by atoms with Crippen molar-refractivity contribution in [3.8, 4) is 10.8 Å². The number of hydrogen-bond acceptors (Lipinski definition) is 7. The fraction of sp³-hybridized carbons (Fsp3) is 0.200. The number of benzene rings is 1. The molecule has 0 amide bonds. The van der Waals surface area contributed by atoms with Gasteiger partial charge in [0.15, 0.2) is 0 Å². The van der Waals surface area contributed by atoms with Crippen molar-refractivity contribution < 1.29 is 12.8 Å². The molecule has 4 aromatic rings. The average Bonchev–Trinajstić information content (AvgIpc) is 3.47. The minimum Gasteiger partial charge on any atom is -0.418 e. The molecule has 0 aliphatic carbocycles. The smallest absolute Gasteiger partial charge is 0.240 e. The van der Waals surface area contributed by atoms with E-state index < -0.39 is 9.84 Å². The second-order valence-electron chi connectivity index (χ2n) is 6.53. The van der Waals surface area contributed by atoms with Crippen LogP contribution in [-0.4, -0.2) is 29.5 Å². The molecule has 0 bridgehead atoms. The molecule has 0 aliphatic heterocycles. The minimum atomic E-state index is -3.81. The Morgan fingerprint density at radius 1 is 1.21 bits per heavy atom. The van der Waals surface area contributed by atoms with E-state index in [2.05, 4.69) is 15.3 Å². The normalized spacial score (nSPS) is 11.6. The molecule has 150 valence electrons. The van der Waals surface area contributed by atoms with Gasteiger partial charge < -0.3 is 14.3 Å². The number of aromatic nitrogens is 3. The van der Waals surface area contributed by atoms with Crippen LogP contribution in [0.3, 0.4) is 0 Å². The molecule has 3 aromatic heterocycles. The van der Waals surface area contributed by atoms with Gasteiger partial charge in [0.1, 0.15) is 0 Å². The third-order valence-corrected chi connectivity index (χ3v) is 6.89. The summed E-state index contributed by atoms with van der Waals surface area (Å²) in [6.07, 6.45) is 6.13. The van der Waals surface area contributed by atoms with Crippen LogP contribution < -0.4 is 5.32 Å². The molecule has 0 aliphatic rings. The molecule has 3 heterocycles. The van der Waals surface area contributed by atoms with Gasteiger partial charge in [-0.15, -0.1) is 11.3 Å². The van der Waals surface area contributed by atoms with Gasteiger partial charge in [-0.1, -0.05) is 23.8 Å². The molecule has 0 saturated heterocycles. The number of nitrogens with one attached hydrogen (secondary N) is 1. The zero-order valence-corrected chi connectivity index (χ0v) is 17.4. The van der Waals surface area contributed by atoms with Crippen molar-refractivity contribution >= 4 is 27.1 Å². The van der Waals surface area contributed by atoms with Crippen LogP contribution in [0, 0.1) is 6.92 Å². The van der Waals surface area contributed by atoms with Gasteiger partial charge in [-0.2, -0.15) is 4.98 Å². The summed E-state index contributed by atoms with van der Waals surface area (Å²) in [6.45, 7) is 3.21. The highest BCUT2D eigenvalue weighted by atomic mass is 32.2. The molecule has 0 atom stereocenters. The molecule has 7 nitrogen and oxygen atoms in total. The largest absolute Gasteiger partial charge is 0.418 e. The van der Waals surface area contributed by atoms with Gasteiger partial charge in [0.05, 0.1) is 16.1 Å². The lowest BCUT2D eigenvalue weighted by Gasteiger charge is -2.07. The lowest BCUT2D eigenvalue weighted by Crippen LogP contribution is -2.10. The monoisotopic (exact) mass is 428 g/mol. The van der Waals surface area contributed by atoms with E-state index in [9.17, 15) is 8.42 Å². The van der Waals surface area contributed by atoms with Gasteiger partial charge in [0.25, 0.3) is 0 Å². The van der Waals surface area contributed by atoms with Crippen LogP contribution in [0.25, 0.3) is 10.8 Å². The number of anilines is 1. The van der Waals surface area contributed by atoms with Crippen LogP contribution in [0.5, 0.6) is 0 Å². The summed E-state index contributed by atoms with van der Waals surface area (Å²) < 4.78 is 34.2.